The average Bonchev–Trinajstić information content (AvgIpc) is 3.21. The van der Waals surface area contributed by atoms with E-state index in [4.69, 9.17) is 4.74 Å². The van der Waals surface area contributed by atoms with Crippen LogP contribution in [0, 0.1) is 11.6 Å². The quantitative estimate of drug-likeness (QED) is 0.657. The maximum atomic E-state index is 13.5. The molecule has 0 spiro atoms. The molecular formula is C17H10F2N2O3S. The number of methoxy groups -OCH3 is 1. The molecule has 0 radical (unpaired) electrons. The molecule has 3 heterocycles. The lowest BCUT2D eigenvalue weighted by Crippen LogP contribution is -2.19. The van der Waals surface area contributed by atoms with E-state index >= 15 is 0 Å². The van der Waals surface area contributed by atoms with Gasteiger partial charge in [0.1, 0.15) is 5.00 Å². The highest BCUT2D eigenvalue weighted by molar-refractivity contribution is 7.13. The molecule has 1 aliphatic heterocycles. The lowest BCUT2D eigenvalue weighted by atomic mass is 10.0. The van der Waals surface area contributed by atoms with Gasteiger partial charge in [-0.3, -0.25) is 4.79 Å². The molecule has 0 N–H and O–H groups in total. The first-order valence-electron chi connectivity index (χ1n) is 7.27. The fourth-order valence-electron chi connectivity index (χ4n) is 2.80. The number of rotatable bonds is 2. The molecule has 0 amide bonds. The number of carbonyl (C=O) groups is 2. The Hall–Kier alpha value is -2.87. The topological polar surface area (TPSA) is 61.2 Å². The van der Waals surface area contributed by atoms with Crippen LogP contribution in [-0.4, -0.2) is 28.6 Å². The number of hydrogen-bond donors (Lipinski definition) is 0. The van der Waals surface area contributed by atoms with Crippen molar-refractivity contribution in [3.63, 3.8) is 0 Å². The van der Waals surface area contributed by atoms with Gasteiger partial charge in [0.05, 0.1) is 36.0 Å². The number of nitrogens with zero attached hydrogens (tertiary/aromatic N) is 2. The van der Waals surface area contributed by atoms with Gasteiger partial charge in [0.25, 0.3) is 0 Å². The summed E-state index contributed by atoms with van der Waals surface area (Å²) >= 11 is 1.20. The molecule has 0 unspecified atom stereocenters. The van der Waals surface area contributed by atoms with Crippen LogP contribution in [0.3, 0.4) is 0 Å². The maximum Gasteiger partial charge on any atom is 0.339 e. The van der Waals surface area contributed by atoms with Crippen molar-refractivity contribution in [2.45, 2.75) is 6.42 Å². The third-order valence-electron chi connectivity index (χ3n) is 3.99. The van der Waals surface area contributed by atoms with Crippen molar-refractivity contribution in [2.24, 2.45) is 0 Å². The van der Waals surface area contributed by atoms with Gasteiger partial charge in [0, 0.05) is 10.9 Å². The Morgan fingerprint density at radius 2 is 2.08 bits per heavy atom. The number of halogens is 2. The molecule has 5 nitrogen and oxygen atoms in total. The van der Waals surface area contributed by atoms with E-state index in [0.717, 1.165) is 12.1 Å². The summed E-state index contributed by atoms with van der Waals surface area (Å²) in [5, 5.41) is 6.47. The van der Waals surface area contributed by atoms with Crippen molar-refractivity contribution < 1.29 is 23.1 Å². The molecule has 0 saturated heterocycles. The molecule has 0 saturated carbocycles. The summed E-state index contributed by atoms with van der Waals surface area (Å²) in [6.45, 7) is 0. The van der Waals surface area contributed by atoms with Crippen molar-refractivity contribution in [3.8, 4) is 16.3 Å². The van der Waals surface area contributed by atoms with E-state index in [-0.39, 0.29) is 23.3 Å². The van der Waals surface area contributed by atoms with Gasteiger partial charge in [-0.05, 0) is 24.3 Å². The summed E-state index contributed by atoms with van der Waals surface area (Å²) in [4.78, 5) is 24.3. The van der Waals surface area contributed by atoms with Crippen molar-refractivity contribution in [3.05, 3.63) is 58.1 Å². The van der Waals surface area contributed by atoms with E-state index in [2.05, 4.69) is 5.10 Å². The Morgan fingerprint density at radius 1 is 1.28 bits per heavy atom. The van der Waals surface area contributed by atoms with Gasteiger partial charge in [0.2, 0.25) is 0 Å². The molecule has 0 aliphatic carbocycles. The first-order chi connectivity index (χ1) is 12.0. The molecule has 4 rings (SSSR count). The number of ketones is 1. The number of aromatic nitrogens is 2. The van der Waals surface area contributed by atoms with Gasteiger partial charge < -0.3 is 4.74 Å². The van der Waals surface area contributed by atoms with Gasteiger partial charge in [-0.2, -0.15) is 5.10 Å². The molecule has 25 heavy (non-hydrogen) atoms. The van der Waals surface area contributed by atoms with Crippen LogP contribution in [0.15, 0.2) is 29.6 Å². The predicted octanol–water partition coefficient (Wildman–Crippen LogP) is 3.40. The van der Waals surface area contributed by atoms with Crippen LogP contribution < -0.4 is 0 Å². The summed E-state index contributed by atoms with van der Waals surface area (Å²) in [6, 6.07) is 5.16. The Balaban J connectivity index is 1.84. The third kappa shape index (κ3) is 2.37. The van der Waals surface area contributed by atoms with E-state index in [1.165, 1.54) is 24.5 Å². The molecule has 126 valence electrons. The Kier molecular flexibility index (Phi) is 3.50. The van der Waals surface area contributed by atoms with E-state index in [1.54, 1.807) is 16.1 Å². The van der Waals surface area contributed by atoms with Crippen LogP contribution in [0.5, 0.6) is 0 Å². The van der Waals surface area contributed by atoms with E-state index < -0.39 is 17.6 Å². The number of hydrogen-bond acceptors (Lipinski definition) is 5. The number of esters is 1. The summed E-state index contributed by atoms with van der Waals surface area (Å²) < 4.78 is 32.8. The largest absolute Gasteiger partial charge is 0.465 e. The number of Topliss-reactive ketones (excluding diaryl/α,β-unsaturated/α-hetero) is 1. The van der Waals surface area contributed by atoms with E-state index in [9.17, 15) is 18.4 Å². The zero-order valence-corrected chi connectivity index (χ0v) is 13.7. The van der Waals surface area contributed by atoms with Gasteiger partial charge in [-0.25, -0.2) is 18.3 Å². The molecule has 0 fully saturated rings. The van der Waals surface area contributed by atoms with Crippen LogP contribution >= 0.6 is 11.3 Å². The Bertz CT molecular complexity index is 1040. The van der Waals surface area contributed by atoms with Crippen LogP contribution in [0.25, 0.3) is 16.3 Å². The average molecular weight is 360 g/mol. The smallest absolute Gasteiger partial charge is 0.339 e. The molecule has 0 atom stereocenters. The predicted molar refractivity (Wildman–Crippen MR) is 86.2 cm³/mol. The number of fused-ring (bicyclic) bond motifs is 3. The monoisotopic (exact) mass is 360 g/mol. The fraction of sp³-hybridized carbons (Fsp3) is 0.118. The minimum Gasteiger partial charge on any atom is -0.465 e. The number of ether oxygens (including phenoxy) is 1. The lowest BCUT2D eigenvalue weighted by molar-refractivity contribution is 0.0597. The summed E-state index contributed by atoms with van der Waals surface area (Å²) in [5.41, 5.74) is 1.94. The SMILES string of the molecule is COC(=O)c1csc2c1C(=O)Cc1cc(-c3ccc(F)c(F)c3)nn1-2. The molecule has 2 aromatic heterocycles. The minimum absolute atomic E-state index is 0.0599. The second-order valence-corrected chi connectivity index (χ2v) is 6.34. The molecule has 0 bridgehead atoms. The van der Waals surface area contributed by atoms with Gasteiger partial charge >= 0.3 is 5.97 Å². The van der Waals surface area contributed by atoms with Crippen LogP contribution in [0.2, 0.25) is 0 Å². The summed E-state index contributed by atoms with van der Waals surface area (Å²) in [7, 11) is 1.25. The van der Waals surface area contributed by atoms with Crippen molar-refractivity contribution in [1.82, 2.24) is 9.78 Å². The van der Waals surface area contributed by atoms with Crippen molar-refractivity contribution >= 4 is 23.1 Å². The molecule has 1 aliphatic rings. The molecule has 3 aromatic rings. The van der Waals surface area contributed by atoms with Crippen LogP contribution in [0.1, 0.15) is 26.4 Å². The zero-order valence-electron chi connectivity index (χ0n) is 12.9. The van der Waals surface area contributed by atoms with Crippen LogP contribution in [0.4, 0.5) is 8.78 Å². The Labute approximate surface area is 144 Å². The van der Waals surface area contributed by atoms with Crippen LogP contribution in [-0.2, 0) is 11.2 Å². The highest BCUT2D eigenvalue weighted by Crippen LogP contribution is 2.35. The number of thiophene rings is 1. The van der Waals surface area contributed by atoms with Gasteiger partial charge in [-0.15, -0.1) is 11.3 Å². The highest BCUT2D eigenvalue weighted by Gasteiger charge is 2.31. The molecular weight excluding hydrogens is 350 g/mol. The molecule has 8 heteroatoms. The van der Waals surface area contributed by atoms with Crippen molar-refractivity contribution in [2.75, 3.05) is 7.11 Å². The van der Waals surface area contributed by atoms with Gasteiger partial charge in [-0.1, -0.05) is 0 Å². The van der Waals surface area contributed by atoms with E-state index in [0.29, 0.717) is 22.0 Å². The standard InChI is InChI=1S/C17H10F2N2O3S/c1-24-17(23)10-7-25-16-15(10)14(22)6-9-5-13(20-21(9)16)8-2-3-11(18)12(19)4-8/h2-5,7H,6H2,1H3. The minimum atomic E-state index is -0.968. The molecule has 1 aromatic carbocycles. The maximum absolute atomic E-state index is 13.5. The fourth-order valence-corrected chi connectivity index (χ4v) is 3.85. The van der Waals surface area contributed by atoms with E-state index in [1.807, 2.05) is 0 Å². The second-order valence-electron chi connectivity index (χ2n) is 5.48. The van der Waals surface area contributed by atoms with Crippen molar-refractivity contribution in [1.29, 1.82) is 0 Å². The number of carbonyl (C=O) groups excluding carboxylic acids is 2. The first-order valence-corrected chi connectivity index (χ1v) is 8.15. The summed E-state index contributed by atoms with van der Waals surface area (Å²) in [5.74, 6) is -2.70. The third-order valence-corrected chi connectivity index (χ3v) is 4.94. The summed E-state index contributed by atoms with van der Waals surface area (Å²) in [6.07, 6.45) is 0.0599. The normalized spacial score (nSPS) is 12.7. The van der Waals surface area contributed by atoms with Gasteiger partial charge in [0.15, 0.2) is 17.4 Å². The Morgan fingerprint density at radius 3 is 2.80 bits per heavy atom. The second kappa shape index (κ2) is 5.59. The first kappa shape index (κ1) is 15.6. The zero-order chi connectivity index (χ0) is 17.7. The number of benzene rings is 1. The lowest BCUT2D eigenvalue weighted by Gasteiger charge is -2.13. The highest BCUT2D eigenvalue weighted by atomic mass is 32.1.